The first-order valence-corrected chi connectivity index (χ1v) is 9.35. The predicted molar refractivity (Wildman–Crippen MR) is 106 cm³/mol. The molecular weight excluding hydrogens is 409 g/mol. The fourth-order valence-electron chi connectivity index (χ4n) is 3.22. The molecule has 1 aliphatic rings. The van der Waals surface area contributed by atoms with E-state index in [0.29, 0.717) is 17.8 Å². The zero-order valence-electron chi connectivity index (χ0n) is 14.6. The van der Waals surface area contributed by atoms with Crippen molar-refractivity contribution in [3.8, 4) is 0 Å². The number of hydrogen-bond donors (Lipinski definition) is 1. The molecule has 1 atom stereocenters. The SMILES string of the molecule is Cc1ccc(N[C@H]2c3ncccc3C(=O)N2Cc2ccc(F)cc2)c(Br)c1. The van der Waals surface area contributed by atoms with Gasteiger partial charge in [0.1, 0.15) is 12.0 Å². The molecule has 0 saturated carbocycles. The Bertz CT molecular complexity index is 1010. The summed E-state index contributed by atoms with van der Waals surface area (Å²) in [5.41, 5.74) is 4.14. The second-order valence-corrected chi connectivity index (χ2v) is 7.38. The van der Waals surface area contributed by atoms with Gasteiger partial charge in [-0.2, -0.15) is 0 Å². The summed E-state index contributed by atoms with van der Waals surface area (Å²) in [6.45, 7) is 2.38. The monoisotopic (exact) mass is 425 g/mol. The van der Waals surface area contributed by atoms with Gasteiger partial charge in [-0.25, -0.2) is 4.39 Å². The summed E-state index contributed by atoms with van der Waals surface area (Å²) in [7, 11) is 0. The molecule has 3 aromatic rings. The van der Waals surface area contributed by atoms with Crippen LogP contribution in [0.25, 0.3) is 0 Å². The first-order chi connectivity index (χ1) is 13.0. The van der Waals surface area contributed by atoms with Crippen molar-refractivity contribution >= 4 is 27.5 Å². The number of amides is 1. The Morgan fingerprint density at radius 2 is 1.96 bits per heavy atom. The number of nitrogens with zero attached hydrogens (tertiary/aromatic N) is 2. The Morgan fingerprint density at radius 3 is 2.70 bits per heavy atom. The Morgan fingerprint density at radius 1 is 1.19 bits per heavy atom. The minimum absolute atomic E-state index is 0.0943. The molecule has 1 N–H and O–H groups in total. The molecule has 1 amide bonds. The Labute approximate surface area is 165 Å². The highest BCUT2D eigenvalue weighted by atomic mass is 79.9. The van der Waals surface area contributed by atoms with Gasteiger partial charge < -0.3 is 10.2 Å². The van der Waals surface area contributed by atoms with E-state index in [1.54, 1.807) is 35.4 Å². The normalized spacial score (nSPS) is 15.7. The fourth-order valence-corrected chi connectivity index (χ4v) is 3.82. The standard InChI is InChI=1S/C21H17BrFN3O/c1-13-4-9-18(17(22)11-13)25-20-19-16(3-2-10-24-19)21(27)26(20)12-14-5-7-15(23)8-6-14/h2-11,20,25H,12H2,1H3/t20-/m1/s1. The van der Waals surface area contributed by atoms with Crippen LogP contribution in [0.5, 0.6) is 0 Å². The van der Waals surface area contributed by atoms with Crippen molar-refractivity contribution in [3.05, 3.63) is 93.5 Å². The van der Waals surface area contributed by atoms with E-state index < -0.39 is 6.17 Å². The lowest BCUT2D eigenvalue weighted by Crippen LogP contribution is -2.32. The van der Waals surface area contributed by atoms with E-state index in [1.807, 2.05) is 25.1 Å². The number of benzene rings is 2. The average Bonchev–Trinajstić information content (AvgIpc) is 2.92. The maximum atomic E-state index is 13.2. The van der Waals surface area contributed by atoms with E-state index in [1.165, 1.54) is 12.1 Å². The molecule has 1 aliphatic heterocycles. The molecule has 27 heavy (non-hydrogen) atoms. The number of carbonyl (C=O) groups is 1. The molecule has 1 aromatic heterocycles. The Hall–Kier alpha value is -2.73. The lowest BCUT2D eigenvalue weighted by atomic mass is 10.2. The predicted octanol–water partition coefficient (Wildman–Crippen LogP) is 5.06. The lowest BCUT2D eigenvalue weighted by Gasteiger charge is -2.27. The molecule has 0 saturated heterocycles. The van der Waals surface area contributed by atoms with Gasteiger partial charge in [-0.15, -0.1) is 0 Å². The molecule has 2 heterocycles. The van der Waals surface area contributed by atoms with E-state index in [0.717, 1.165) is 21.3 Å². The molecule has 0 unspecified atom stereocenters. The first-order valence-electron chi connectivity index (χ1n) is 8.56. The van der Waals surface area contributed by atoms with Crippen molar-refractivity contribution in [1.82, 2.24) is 9.88 Å². The average molecular weight is 426 g/mol. The van der Waals surface area contributed by atoms with Crippen molar-refractivity contribution in [2.24, 2.45) is 0 Å². The molecule has 4 rings (SSSR count). The van der Waals surface area contributed by atoms with Crippen LogP contribution in [-0.2, 0) is 6.54 Å². The number of hydrogen-bond acceptors (Lipinski definition) is 3. The number of aromatic nitrogens is 1. The summed E-state index contributed by atoms with van der Waals surface area (Å²) in [6.07, 6.45) is 1.28. The van der Waals surface area contributed by atoms with Crippen LogP contribution in [0.3, 0.4) is 0 Å². The van der Waals surface area contributed by atoms with Crippen molar-refractivity contribution in [1.29, 1.82) is 0 Å². The summed E-state index contributed by atoms with van der Waals surface area (Å²) < 4.78 is 14.1. The van der Waals surface area contributed by atoms with Crippen LogP contribution in [0.2, 0.25) is 0 Å². The summed E-state index contributed by atoms with van der Waals surface area (Å²) in [5.74, 6) is -0.391. The highest BCUT2D eigenvalue weighted by Crippen LogP contribution is 2.36. The molecule has 2 aromatic carbocycles. The van der Waals surface area contributed by atoms with Crippen molar-refractivity contribution in [3.63, 3.8) is 0 Å². The van der Waals surface area contributed by atoms with Crippen LogP contribution in [0.1, 0.15) is 33.3 Å². The molecule has 0 radical (unpaired) electrons. The maximum Gasteiger partial charge on any atom is 0.258 e. The third-order valence-electron chi connectivity index (χ3n) is 4.58. The molecule has 0 bridgehead atoms. The van der Waals surface area contributed by atoms with Gasteiger partial charge in [-0.1, -0.05) is 18.2 Å². The van der Waals surface area contributed by atoms with Crippen LogP contribution >= 0.6 is 15.9 Å². The number of anilines is 1. The van der Waals surface area contributed by atoms with Gasteiger partial charge in [0.25, 0.3) is 5.91 Å². The van der Waals surface area contributed by atoms with Crippen molar-refractivity contribution in [2.75, 3.05) is 5.32 Å². The summed E-state index contributed by atoms with van der Waals surface area (Å²) >= 11 is 3.58. The van der Waals surface area contributed by atoms with Crippen molar-refractivity contribution in [2.45, 2.75) is 19.6 Å². The highest BCUT2D eigenvalue weighted by molar-refractivity contribution is 9.10. The second-order valence-electron chi connectivity index (χ2n) is 6.53. The number of carbonyl (C=O) groups excluding carboxylic acids is 1. The third-order valence-corrected chi connectivity index (χ3v) is 5.24. The van der Waals surface area contributed by atoms with E-state index in [-0.39, 0.29) is 11.7 Å². The van der Waals surface area contributed by atoms with E-state index >= 15 is 0 Å². The zero-order chi connectivity index (χ0) is 19.0. The van der Waals surface area contributed by atoms with Gasteiger partial charge in [-0.05, 0) is 70.4 Å². The summed E-state index contributed by atoms with van der Waals surface area (Å²) in [6, 6.07) is 15.7. The number of halogens is 2. The van der Waals surface area contributed by atoms with Gasteiger partial charge in [0, 0.05) is 17.2 Å². The number of nitrogens with one attached hydrogen (secondary N) is 1. The minimum Gasteiger partial charge on any atom is -0.359 e. The Balaban J connectivity index is 1.70. The molecule has 4 nitrogen and oxygen atoms in total. The smallest absolute Gasteiger partial charge is 0.258 e. The van der Waals surface area contributed by atoms with Crippen LogP contribution in [-0.4, -0.2) is 15.8 Å². The lowest BCUT2D eigenvalue weighted by molar-refractivity contribution is 0.0727. The second kappa shape index (κ2) is 7.12. The van der Waals surface area contributed by atoms with Gasteiger partial charge in [0.2, 0.25) is 0 Å². The zero-order valence-corrected chi connectivity index (χ0v) is 16.2. The van der Waals surface area contributed by atoms with Crippen LogP contribution in [0.4, 0.5) is 10.1 Å². The van der Waals surface area contributed by atoms with Crippen LogP contribution < -0.4 is 5.32 Å². The third kappa shape index (κ3) is 3.45. The molecule has 0 aliphatic carbocycles. The number of rotatable bonds is 4. The topological polar surface area (TPSA) is 45.2 Å². The van der Waals surface area contributed by atoms with Gasteiger partial charge in [0.05, 0.1) is 16.9 Å². The van der Waals surface area contributed by atoms with Gasteiger partial charge in [-0.3, -0.25) is 9.78 Å². The highest BCUT2D eigenvalue weighted by Gasteiger charge is 2.38. The summed E-state index contributed by atoms with van der Waals surface area (Å²) in [4.78, 5) is 19.1. The fraction of sp³-hybridized carbons (Fsp3) is 0.143. The molecular formula is C21H17BrFN3O. The molecule has 0 spiro atoms. The first kappa shape index (κ1) is 17.7. The van der Waals surface area contributed by atoms with Crippen molar-refractivity contribution < 1.29 is 9.18 Å². The van der Waals surface area contributed by atoms with E-state index in [4.69, 9.17) is 0 Å². The van der Waals surface area contributed by atoms with E-state index in [9.17, 15) is 9.18 Å². The largest absolute Gasteiger partial charge is 0.359 e. The van der Waals surface area contributed by atoms with Gasteiger partial charge >= 0.3 is 0 Å². The minimum atomic E-state index is -0.405. The number of pyridine rings is 1. The Kier molecular flexibility index (Phi) is 4.66. The van der Waals surface area contributed by atoms with Gasteiger partial charge in [0.15, 0.2) is 0 Å². The maximum absolute atomic E-state index is 13.2. The quantitative estimate of drug-likeness (QED) is 0.635. The molecule has 136 valence electrons. The summed E-state index contributed by atoms with van der Waals surface area (Å²) in [5, 5.41) is 3.43. The van der Waals surface area contributed by atoms with E-state index in [2.05, 4.69) is 26.2 Å². The molecule has 0 fully saturated rings. The molecule has 6 heteroatoms. The number of fused-ring (bicyclic) bond motifs is 1. The van der Waals surface area contributed by atoms with Crippen LogP contribution in [0, 0.1) is 12.7 Å². The number of aryl methyl sites for hydroxylation is 1. The van der Waals surface area contributed by atoms with Crippen LogP contribution in [0.15, 0.2) is 65.3 Å².